The summed E-state index contributed by atoms with van der Waals surface area (Å²) in [4.78, 5) is 11.6. The Hall–Kier alpha value is -0.960. The molecule has 3 heteroatoms. The number of carbonyl (C=O) groups is 1. The summed E-state index contributed by atoms with van der Waals surface area (Å²) in [5, 5.41) is 0. The van der Waals surface area contributed by atoms with E-state index in [1.54, 1.807) is 24.6 Å². The molecule has 0 spiro atoms. The van der Waals surface area contributed by atoms with Crippen molar-refractivity contribution in [2.24, 2.45) is 0 Å². The summed E-state index contributed by atoms with van der Waals surface area (Å²) >= 11 is 0. The van der Waals surface area contributed by atoms with E-state index in [0.29, 0.717) is 5.56 Å². The lowest BCUT2D eigenvalue weighted by Gasteiger charge is -2.01. The van der Waals surface area contributed by atoms with Gasteiger partial charge in [-0.3, -0.25) is 4.79 Å². The van der Waals surface area contributed by atoms with E-state index in [2.05, 4.69) is 0 Å². The number of ketones is 1. The highest BCUT2D eigenvalue weighted by Crippen LogP contribution is 2.06. The topological polar surface area (TPSA) is 34.1 Å². The lowest BCUT2D eigenvalue weighted by Crippen LogP contribution is -2.19. The van der Waals surface area contributed by atoms with Gasteiger partial charge in [0.15, 0.2) is 5.75 Å². The van der Waals surface area contributed by atoms with Gasteiger partial charge in [0, 0.05) is 5.56 Å². The molecule has 0 amide bonds. The van der Waals surface area contributed by atoms with Crippen LogP contribution in [0.3, 0.4) is 0 Å². The standard InChI is InChI=1S/C11H15O2S/c1-9-4-6-10(7-5-9)11(12)8-14(2,3)13/h4-7H,8H2,1-3H3/q+1. The van der Waals surface area contributed by atoms with Gasteiger partial charge in [0.05, 0.1) is 9.93 Å². The molecule has 0 atom stereocenters. The van der Waals surface area contributed by atoms with E-state index in [0.717, 1.165) is 5.56 Å². The van der Waals surface area contributed by atoms with Gasteiger partial charge in [0.2, 0.25) is 5.78 Å². The first-order valence-corrected chi connectivity index (χ1v) is 6.94. The van der Waals surface area contributed by atoms with Crippen molar-refractivity contribution in [2.75, 3.05) is 18.3 Å². The molecule has 1 rings (SSSR count). The Morgan fingerprint density at radius 1 is 1.21 bits per heavy atom. The Bertz CT molecular complexity index is 373. The molecule has 0 radical (unpaired) electrons. The van der Waals surface area contributed by atoms with Crippen molar-refractivity contribution >= 4 is 15.7 Å². The Kier molecular flexibility index (Phi) is 3.21. The molecule has 0 aromatic heterocycles. The van der Waals surface area contributed by atoms with Gasteiger partial charge in [-0.05, 0) is 6.92 Å². The molecule has 14 heavy (non-hydrogen) atoms. The lowest BCUT2D eigenvalue weighted by molar-refractivity contribution is 0.102. The van der Waals surface area contributed by atoms with E-state index in [-0.39, 0.29) is 11.5 Å². The van der Waals surface area contributed by atoms with Gasteiger partial charge >= 0.3 is 0 Å². The average molecular weight is 211 g/mol. The van der Waals surface area contributed by atoms with Crippen LogP contribution in [0.15, 0.2) is 24.3 Å². The quantitative estimate of drug-likeness (QED) is 0.565. The third-order valence-electron chi connectivity index (χ3n) is 1.85. The highest BCUT2D eigenvalue weighted by Gasteiger charge is 2.19. The third kappa shape index (κ3) is 3.42. The zero-order valence-electron chi connectivity index (χ0n) is 8.74. The number of hydrogen-bond acceptors (Lipinski definition) is 2. The van der Waals surface area contributed by atoms with E-state index >= 15 is 0 Å². The largest absolute Gasteiger partial charge is 0.289 e. The van der Waals surface area contributed by atoms with Crippen LogP contribution in [0.2, 0.25) is 0 Å². The molecule has 0 saturated heterocycles. The second-order valence-corrected chi connectivity index (χ2v) is 7.03. The van der Waals surface area contributed by atoms with Crippen molar-refractivity contribution in [3.8, 4) is 0 Å². The van der Waals surface area contributed by atoms with Crippen LogP contribution in [-0.2, 0) is 14.1 Å². The summed E-state index contributed by atoms with van der Waals surface area (Å²) in [5.41, 5.74) is 1.77. The molecule has 0 aliphatic carbocycles. The fraction of sp³-hybridized carbons (Fsp3) is 0.364. The molecule has 2 nitrogen and oxygen atoms in total. The molecule has 1 aromatic carbocycles. The van der Waals surface area contributed by atoms with E-state index < -0.39 is 9.93 Å². The molecule has 76 valence electrons. The fourth-order valence-corrected chi connectivity index (χ4v) is 1.94. The van der Waals surface area contributed by atoms with Crippen molar-refractivity contribution in [1.82, 2.24) is 0 Å². The normalized spacial score (nSPS) is 11.4. The summed E-state index contributed by atoms with van der Waals surface area (Å²) in [6.07, 6.45) is 3.22. The van der Waals surface area contributed by atoms with Gasteiger partial charge in [-0.25, -0.2) is 0 Å². The van der Waals surface area contributed by atoms with Crippen LogP contribution in [0.5, 0.6) is 0 Å². The van der Waals surface area contributed by atoms with Crippen molar-refractivity contribution in [3.05, 3.63) is 35.4 Å². The Morgan fingerprint density at radius 2 is 1.71 bits per heavy atom. The molecule has 0 saturated carbocycles. The van der Waals surface area contributed by atoms with Gasteiger partial charge in [-0.2, -0.15) is 0 Å². The summed E-state index contributed by atoms with van der Waals surface area (Å²) in [7, 11) is -1.98. The zero-order valence-corrected chi connectivity index (χ0v) is 9.56. The van der Waals surface area contributed by atoms with E-state index in [9.17, 15) is 9.00 Å². The van der Waals surface area contributed by atoms with Gasteiger partial charge in [-0.15, -0.1) is 4.21 Å². The van der Waals surface area contributed by atoms with Gasteiger partial charge in [0.1, 0.15) is 12.5 Å². The monoisotopic (exact) mass is 211 g/mol. The first-order chi connectivity index (χ1) is 6.38. The molecule has 0 aliphatic heterocycles. The maximum atomic E-state index is 11.6. The molecule has 0 unspecified atom stereocenters. The molecule has 0 fully saturated rings. The van der Waals surface area contributed by atoms with Crippen LogP contribution < -0.4 is 0 Å². The van der Waals surface area contributed by atoms with E-state index in [1.807, 2.05) is 19.1 Å². The molecule has 0 N–H and O–H groups in total. The van der Waals surface area contributed by atoms with Crippen molar-refractivity contribution in [2.45, 2.75) is 6.92 Å². The van der Waals surface area contributed by atoms with Crippen LogP contribution in [0.4, 0.5) is 0 Å². The SMILES string of the molecule is Cc1ccc(C(=O)C[S+](C)(C)=O)cc1. The first-order valence-electron chi connectivity index (χ1n) is 4.40. The minimum atomic E-state index is -1.98. The Labute approximate surface area is 85.8 Å². The van der Waals surface area contributed by atoms with Crippen molar-refractivity contribution in [3.63, 3.8) is 0 Å². The maximum absolute atomic E-state index is 11.6. The smallest absolute Gasteiger partial charge is 0.211 e. The van der Waals surface area contributed by atoms with E-state index in [4.69, 9.17) is 0 Å². The number of aryl methyl sites for hydroxylation is 1. The first kappa shape index (κ1) is 11.1. The summed E-state index contributed by atoms with van der Waals surface area (Å²) in [6, 6.07) is 7.34. The number of Topliss-reactive ketones (excluding diaryl/α,β-unsaturated/α-hetero) is 1. The molecular formula is C11H15O2S+. The average Bonchev–Trinajstić information content (AvgIpc) is 2.02. The predicted molar refractivity (Wildman–Crippen MR) is 60.3 cm³/mol. The molecular weight excluding hydrogens is 196 g/mol. The minimum absolute atomic E-state index is 0.0417. The minimum Gasteiger partial charge on any atom is -0.289 e. The Balaban J connectivity index is 2.81. The van der Waals surface area contributed by atoms with Crippen LogP contribution in [0.1, 0.15) is 15.9 Å². The highest BCUT2D eigenvalue weighted by molar-refractivity contribution is 8.02. The fourth-order valence-electron chi connectivity index (χ4n) is 1.14. The highest BCUT2D eigenvalue weighted by atomic mass is 32.2. The van der Waals surface area contributed by atoms with Crippen LogP contribution in [-0.4, -0.2) is 24.0 Å². The van der Waals surface area contributed by atoms with Crippen LogP contribution in [0.25, 0.3) is 0 Å². The Morgan fingerprint density at radius 3 is 2.14 bits per heavy atom. The lowest BCUT2D eigenvalue weighted by atomic mass is 10.1. The molecule has 1 aromatic rings. The van der Waals surface area contributed by atoms with Gasteiger partial charge < -0.3 is 0 Å². The molecule has 0 aliphatic rings. The van der Waals surface area contributed by atoms with Crippen LogP contribution in [0, 0.1) is 6.92 Å². The van der Waals surface area contributed by atoms with E-state index in [1.165, 1.54) is 0 Å². The number of rotatable bonds is 3. The maximum Gasteiger partial charge on any atom is 0.211 e. The predicted octanol–water partition coefficient (Wildman–Crippen LogP) is 1.94. The number of carbonyl (C=O) groups excluding carboxylic acids is 1. The number of benzene rings is 1. The second-order valence-electron chi connectivity index (χ2n) is 3.87. The summed E-state index contributed by atoms with van der Waals surface area (Å²) < 4.78 is 11.4. The van der Waals surface area contributed by atoms with Crippen molar-refractivity contribution < 1.29 is 9.00 Å². The van der Waals surface area contributed by atoms with Crippen LogP contribution >= 0.6 is 0 Å². The second kappa shape index (κ2) is 4.05. The summed E-state index contributed by atoms with van der Waals surface area (Å²) in [6.45, 7) is 1.97. The third-order valence-corrected chi connectivity index (χ3v) is 2.81. The molecule has 0 heterocycles. The zero-order chi connectivity index (χ0) is 10.8. The summed E-state index contributed by atoms with van der Waals surface area (Å²) in [5.74, 6) is 0.0933. The number of hydrogen-bond donors (Lipinski definition) is 0. The molecule has 0 bridgehead atoms. The van der Waals surface area contributed by atoms with Crippen molar-refractivity contribution in [1.29, 1.82) is 0 Å². The van der Waals surface area contributed by atoms with Gasteiger partial charge in [-0.1, -0.05) is 29.8 Å². The van der Waals surface area contributed by atoms with Gasteiger partial charge in [0.25, 0.3) is 0 Å².